The number of hydrogen-bond donors (Lipinski definition) is 0. The van der Waals surface area contributed by atoms with Crippen molar-refractivity contribution in [3.8, 4) is 0 Å². The number of halogens is 2. The number of ketones is 2. The van der Waals surface area contributed by atoms with Crippen LogP contribution in [0.2, 0.25) is 0 Å². The molecule has 1 aliphatic carbocycles. The van der Waals surface area contributed by atoms with Crippen molar-refractivity contribution >= 4 is 50.1 Å². The molecule has 0 saturated heterocycles. The standard InChI is InChI=1S/C18H14BrIO2/c19-14-7-5-13(6-8-14)16(21)18(11-20)10-9-12-3-1-2-4-15(12)17(18)22/h1-8H,9-11H2. The zero-order chi connectivity index (χ0) is 15.7. The van der Waals surface area contributed by atoms with E-state index in [1.165, 1.54) is 0 Å². The van der Waals surface area contributed by atoms with Gasteiger partial charge in [0.2, 0.25) is 0 Å². The number of carbonyl (C=O) groups excluding carboxylic acids is 2. The lowest BCUT2D eigenvalue weighted by molar-refractivity contribution is 0.0673. The lowest BCUT2D eigenvalue weighted by Crippen LogP contribution is -2.44. The van der Waals surface area contributed by atoms with Crippen LogP contribution in [0.4, 0.5) is 0 Å². The molecule has 2 aromatic rings. The van der Waals surface area contributed by atoms with Gasteiger partial charge in [-0.05, 0) is 30.5 Å². The first kappa shape index (κ1) is 15.9. The van der Waals surface area contributed by atoms with Crippen molar-refractivity contribution in [2.75, 3.05) is 4.43 Å². The smallest absolute Gasteiger partial charge is 0.177 e. The van der Waals surface area contributed by atoms with E-state index < -0.39 is 5.41 Å². The summed E-state index contributed by atoms with van der Waals surface area (Å²) in [5.74, 6) is -0.0921. The van der Waals surface area contributed by atoms with Gasteiger partial charge >= 0.3 is 0 Å². The molecule has 0 radical (unpaired) electrons. The molecule has 2 nitrogen and oxygen atoms in total. The molecule has 1 aliphatic rings. The molecule has 1 unspecified atom stereocenters. The average molecular weight is 469 g/mol. The van der Waals surface area contributed by atoms with Crippen LogP contribution in [0.5, 0.6) is 0 Å². The van der Waals surface area contributed by atoms with E-state index in [0.717, 1.165) is 16.5 Å². The second-order valence-corrected chi connectivity index (χ2v) is 7.22. The van der Waals surface area contributed by atoms with Crippen molar-refractivity contribution in [3.05, 3.63) is 69.7 Å². The number of carbonyl (C=O) groups is 2. The Morgan fingerprint density at radius 3 is 2.50 bits per heavy atom. The average Bonchev–Trinajstić information content (AvgIpc) is 2.56. The summed E-state index contributed by atoms with van der Waals surface area (Å²) in [6.07, 6.45) is 1.36. The molecule has 112 valence electrons. The van der Waals surface area contributed by atoms with Gasteiger partial charge in [0.05, 0.1) is 0 Å². The number of benzene rings is 2. The second-order valence-electron chi connectivity index (χ2n) is 5.54. The predicted molar refractivity (Wildman–Crippen MR) is 98.9 cm³/mol. The molecule has 0 aliphatic heterocycles. The second kappa shape index (κ2) is 6.24. The lowest BCUT2D eigenvalue weighted by Gasteiger charge is -2.34. The van der Waals surface area contributed by atoms with Crippen LogP contribution in [0.3, 0.4) is 0 Å². The summed E-state index contributed by atoms with van der Waals surface area (Å²) < 4.78 is 1.43. The minimum Gasteiger partial charge on any atom is -0.293 e. The minimum atomic E-state index is -0.928. The largest absolute Gasteiger partial charge is 0.293 e. The third kappa shape index (κ3) is 2.56. The first-order chi connectivity index (χ1) is 10.6. The highest BCUT2D eigenvalue weighted by atomic mass is 127. The van der Waals surface area contributed by atoms with E-state index in [-0.39, 0.29) is 11.6 Å². The number of rotatable bonds is 3. The Hall–Kier alpha value is -1.01. The van der Waals surface area contributed by atoms with Crippen LogP contribution < -0.4 is 0 Å². The molecular formula is C18H14BrIO2. The van der Waals surface area contributed by atoms with Gasteiger partial charge in [0.15, 0.2) is 11.6 Å². The van der Waals surface area contributed by atoms with Crippen molar-refractivity contribution in [2.24, 2.45) is 5.41 Å². The fraction of sp³-hybridized carbons (Fsp3) is 0.222. The van der Waals surface area contributed by atoms with Crippen LogP contribution in [0, 0.1) is 5.41 Å². The highest BCUT2D eigenvalue weighted by Gasteiger charge is 2.47. The van der Waals surface area contributed by atoms with Gasteiger partial charge in [0.25, 0.3) is 0 Å². The van der Waals surface area contributed by atoms with Crippen LogP contribution >= 0.6 is 38.5 Å². The van der Waals surface area contributed by atoms with Gasteiger partial charge in [-0.2, -0.15) is 0 Å². The van der Waals surface area contributed by atoms with Gasteiger partial charge < -0.3 is 0 Å². The van der Waals surface area contributed by atoms with Crippen molar-refractivity contribution in [2.45, 2.75) is 12.8 Å². The zero-order valence-corrected chi connectivity index (χ0v) is 15.6. The fourth-order valence-corrected chi connectivity index (χ4v) is 4.30. The first-order valence-corrected chi connectivity index (χ1v) is 9.39. The number of fused-ring (bicyclic) bond motifs is 1. The van der Waals surface area contributed by atoms with Gasteiger partial charge in [0, 0.05) is 20.0 Å². The Bertz CT molecular complexity index is 739. The van der Waals surface area contributed by atoms with E-state index in [9.17, 15) is 9.59 Å². The molecule has 0 bridgehead atoms. The fourth-order valence-electron chi connectivity index (χ4n) is 2.96. The zero-order valence-electron chi connectivity index (χ0n) is 11.8. The summed E-state index contributed by atoms with van der Waals surface area (Å²) in [6.45, 7) is 0. The quantitative estimate of drug-likeness (QED) is 0.278. The van der Waals surface area contributed by atoms with Crippen molar-refractivity contribution in [1.29, 1.82) is 0 Å². The summed E-state index contributed by atoms with van der Waals surface area (Å²) in [5.41, 5.74) is 1.43. The maximum Gasteiger partial charge on any atom is 0.177 e. The van der Waals surface area contributed by atoms with E-state index in [1.54, 1.807) is 12.1 Å². The number of aryl methyl sites for hydroxylation is 1. The predicted octanol–water partition coefficient (Wildman–Crippen LogP) is 4.88. The Kier molecular flexibility index (Phi) is 4.50. The highest BCUT2D eigenvalue weighted by Crippen LogP contribution is 2.40. The maximum atomic E-state index is 13.0. The minimum absolute atomic E-state index is 0.0309. The molecule has 0 N–H and O–H groups in total. The molecule has 0 saturated carbocycles. The van der Waals surface area contributed by atoms with E-state index in [0.29, 0.717) is 22.0 Å². The molecule has 1 atom stereocenters. The lowest BCUT2D eigenvalue weighted by atomic mass is 9.68. The van der Waals surface area contributed by atoms with Gasteiger partial charge in [-0.1, -0.05) is 74.9 Å². The number of Topliss-reactive ketones (excluding diaryl/α,β-unsaturated/α-hetero) is 2. The van der Waals surface area contributed by atoms with E-state index in [1.807, 2.05) is 36.4 Å². The molecular weight excluding hydrogens is 455 g/mol. The van der Waals surface area contributed by atoms with Gasteiger partial charge in [-0.25, -0.2) is 0 Å². The van der Waals surface area contributed by atoms with Crippen molar-refractivity contribution in [1.82, 2.24) is 0 Å². The monoisotopic (exact) mass is 468 g/mol. The van der Waals surface area contributed by atoms with E-state index >= 15 is 0 Å². The highest BCUT2D eigenvalue weighted by molar-refractivity contribution is 14.1. The topological polar surface area (TPSA) is 34.1 Å². The Morgan fingerprint density at radius 2 is 1.82 bits per heavy atom. The van der Waals surface area contributed by atoms with Crippen LogP contribution in [0.1, 0.15) is 32.7 Å². The maximum absolute atomic E-state index is 13.0. The third-order valence-electron chi connectivity index (χ3n) is 4.29. The Labute approximate surface area is 151 Å². The van der Waals surface area contributed by atoms with Gasteiger partial charge in [0.1, 0.15) is 5.41 Å². The molecule has 3 rings (SSSR count). The van der Waals surface area contributed by atoms with Crippen LogP contribution in [0.25, 0.3) is 0 Å². The first-order valence-electron chi connectivity index (χ1n) is 7.07. The molecule has 0 heterocycles. The molecule has 0 fully saturated rings. The van der Waals surface area contributed by atoms with E-state index in [4.69, 9.17) is 0 Å². The molecule has 2 aromatic carbocycles. The molecule has 22 heavy (non-hydrogen) atoms. The van der Waals surface area contributed by atoms with Crippen molar-refractivity contribution < 1.29 is 9.59 Å². The Balaban J connectivity index is 2.05. The molecule has 4 heteroatoms. The molecule has 0 spiro atoms. The number of alkyl halides is 1. The van der Waals surface area contributed by atoms with Crippen LogP contribution in [-0.4, -0.2) is 16.0 Å². The molecule has 0 amide bonds. The Morgan fingerprint density at radius 1 is 1.14 bits per heavy atom. The summed E-state index contributed by atoms with van der Waals surface area (Å²) in [4.78, 5) is 26.1. The normalized spacial score (nSPS) is 20.5. The van der Waals surface area contributed by atoms with Gasteiger partial charge in [-0.3, -0.25) is 9.59 Å². The van der Waals surface area contributed by atoms with Crippen molar-refractivity contribution in [3.63, 3.8) is 0 Å². The summed E-state index contributed by atoms with van der Waals surface area (Å²) in [6, 6.07) is 14.9. The van der Waals surface area contributed by atoms with Crippen LogP contribution in [-0.2, 0) is 6.42 Å². The molecule has 0 aromatic heterocycles. The third-order valence-corrected chi connectivity index (χ3v) is 6.12. The van der Waals surface area contributed by atoms with E-state index in [2.05, 4.69) is 38.5 Å². The SMILES string of the molecule is O=C(c1ccc(Br)cc1)C1(CI)CCc2ccccc2C1=O. The van der Waals surface area contributed by atoms with Gasteiger partial charge in [-0.15, -0.1) is 0 Å². The summed E-state index contributed by atoms with van der Waals surface area (Å²) in [7, 11) is 0. The van der Waals surface area contributed by atoms with Crippen LogP contribution in [0.15, 0.2) is 53.0 Å². The summed E-state index contributed by atoms with van der Waals surface area (Å²) in [5, 5.41) is 0. The number of hydrogen-bond acceptors (Lipinski definition) is 2. The summed E-state index contributed by atoms with van der Waals surface area (Å²) >= 11 is 5.55.